The number of aliphatic hydroxyl groups is 1. The normalized spacial score (nSPS) is 14.2. The topological polar surface area (TPSA) is 237 Å². The van der Waals surface area contributed by atoms with Crippen molar-refractivity contribution < 1.29 is 80.2 Å². The quantitative estimate of drug-likeness (QED) is 0.0222. The minimum Gasteiger partial charge on any atom is -0.462 e. The fourth-order valence-electron chi connectivity index (χ4n) is 10.1. The molecule has 0 spiro atoms. The summed E-state index contributed by atoms with van der Waals surface area (Å²) in [5.41, 5.74) is 0. The first-order valence-corrected chi connectivity index (χ1v) is 38.0. The van der Waals surface area contributed by atoms with Crippen molar-refractivity contribution in [2.24, 2.45) is 11.8 Å². The number of rotatable bonds is 66. The monoisotopic (exact) mass is 1270 g/mol. The molecule has 0 aliphatic carbocycles. The molecule has 0 aromatic heterocycles. The first-order chi connectivity index (χ1) is 41.4. The summed E-state index contributed by atoms with van der Waals surface area (Å²) < 4.78 is 68.0. The van der Waals surface area contributed by atoms with Gasteiger partial charge in [0.05, 0.1) is 26.4 Å². The van der Waals surface area contributed by atoms with Crippen molar-refractivity contribution in [3.8, 4) is 0 Å². The molecule has 19 heteroatoms. The average Bonchev–Trinajstić information content (AvgIpc) is 3.59. The molecule has 5 atom stereocenters. The number of hydrogen-bond acceptors (Lipinski definition) is 15. The van der Waals surface area contributed by atoms with E-state index < -0.39 is 97.5 Å². The van der Waals surface area contributed by atoms with Gasteiger partial charge in [0.2, 0.25) is 0 Å². The smallest absolute Gasteiger partial charge is 0.462 e. The van der Waals surface area contributed by atoms with Crippen LogP contribution in [0.15, 0.2) is 0 Å². The van der Waals surface area contributed by atoms with E-state index in [4.69, 9.17) is 37.0 Å². The van der Waals surface area contributed by atoms with E-state index in [1.165, 1.54) is 141 Å². The van der Waals surface area contributed by atoms with Crippen LogP contribution in [0, 0.1) is 11.8 Å². The first kappa shape index (κ1) is 84.1. The zero-order valence-electron chi connectivity index (χ0n) is 55.6. The Morgan fingerprint density at radius 2 is 0.535 bits per heavy atom. The summed E-state index contributed by atoms with van der Waals surface area (Å²) in [4.78, 5) is 72.2. The predicted octanol–water partition coefficient (Wildman–Crippen LogP) is 18.8. The lowest BCUT2D eigenvalue weighted by molar-refractivity contribution is -0.161. The van der Waals surface area contributed by atoms with Gasteiger partial charge in [0.15, 0.2) is 12.2 Å². The highest BCUT2D eigenvalue weighted by molar-refractivity contribution is 7.47. The molecule has 510 valence electrons. The second kappa shape index (κ2) is 59.4. The molecule has 0 fully saturated rings. The lowest BCUT2D eigenvalue weighted by atomic mass is 10.0. The number of unbranched alkanes of at least 4 members (excludes halogenated alkanes) is 36. The van der Waals surface area contributed by atoms with Gasteiger partial charge in [-0.25, -0.2) is 9.13 Å². The Labute approximate surface area is 524 Å². The van der Waals surface area contributed by atoms with Gasteiger partial charge >= 0.3 is 39.5 Å². The summed E-state index contributed by atoms with van der Waals surface area (Å²) in [7, 11) is -9.89. The van der Waals surface area contributed by atoms with Gasteiger partial charge in [-0.3, -0.25) is 37.3 Å². The highest BCUT2D eigenvalue weighted by atomic mass is 31.2. The molecule has 0 aliphatic rings. The van der Waals surface area contributed by atoms with Crippen molar-refractivity contribution in [1.29, 1.82) is 0 Å². The molecule has 0 radical (unpaired) electrons. The Morgan fingerprint density at radius 3 is 0.791 bits per heavy atom. The zero-order valence-corrected chi connectivity index (χ0v) is 57.4. The van der Waals surface area contributed by atoms with Crippen LogP contribution in [0.25, 0.3) is 0 Å². The van der Waals surface area contributed by atoms with E-state index in [0.717, 1.165) is 109 Å². The molecule has 0 bridgehead atoms. The maximum absolute atomic E-state index is 13.0. The van der Waals surface area contributed by atoms with Crippen LogP contribution in [-0.2, 0) is 65.4 Å². The second-order valence-electron chi connectivity index (χ2n) is 25.2. The third-order valence-corrected chi connectivity index (χ3v) is 17.4. The summed E-state index contributed by atoms with van der Waals surface area (Å²) in [6.45, 7) is 9.44. The van der Waals surface area contributed by atoms with Crippen LogP contribution < -0.4 is 0 Å². The molecular weight excluding hydrogens is 1140 g/mol. The Balaban J connectivity index is 5.21. The lowest BCUT2D eigenvalue weighted by Gasteiger charge is -2.21. The number of aliphatic hydroxyl groups excluding tert-OH is 1. The summed E-state index contributed by atoms with van der Waals surface area (Å²) >= 11 is 0. The van der Waals surface area contributed by atoms with Gasteiger partial charge < -0.3 is 33.8 Å². The highest BCUT2D eigenvalue weighted by Crippen LogP contribution is 2.45. The molecule has 0 amide bonds. The fraction of sp³-hybridized carbons (Fsp3) is 0.940. The molecular formula is C67H130O17P2. The molecule has 0 saturated carbocycles. The maximum atomic E-state index is 13.0. The van der Waals surface area contributed by atoms with Crippen LogP contribution in [0.3, 0.4) is 0 Å². The standard InChI is InChI=1S/C67H130O17P2/c1-7-9-11-13-15-16-17-19-23-26-32-38-44-50-65(70)78-56-63(83-66(71)51-45-39-33-27-24-21-18-20-22-25-30-35-41-47-59(3)4)58-82-86(75,76)80-54-61(68)53-79-85(73,74)81-57-62(55-77-64(69)49-43-37-29-14-12-10-8-2)84-67(72)52-46-40-34-28-31-36-42-48-60(5)6/h59-63,68H,7-58H2,1-6H3,(H,73,74)(H,75,76)/t61-,62+,63+/m0/s1. The van der Waals surface area contributed by atoms with Gasteiger partial charge in [-0.1, -0.05) is 286 Å². The number of carbonyl (C=O) groups excluding carboxylic acids is 4. The van der Waals surface area contributed by atoms with Gasteiger partial charge in [0, 0.05) is 25.7 Å². The van der Waals surface area contributed by atoms with E-state index in [9.17, 15) is 43.2 Å². The molecule has 86 heavy (non-hydrogen) atoms. The van der Waals surface area contributed by atoms with Gasteiger partial charge in [-0.05, 0) is 37.5 Å². The number of phosphoric acid groups is 2. The molecule has 2 unspecified atom stereocenters. The van der Waals surface area contributed by atoms with Gasteiger partial charge in [0.25, 0.3) is 0 Å². The van der Waals surface area contributed by atoms with Crippen LogP contribution in [0.5, 0.6) is 0 Å². The van der Waals surface area contributed by atoms with Crippen molar-refractivity contribution in [3.63, 3.8) is 0 Å². The van der Waals surface area contributed by atoms with Crippen LogP contribution >= 0.6 is 15.6 Å². The van der Waals surface area contributed by atoms with Crippen LogP contribution in [0.2, 0.25) is 0 Å². The first-order valence-electron chi connectivity index (χ1n) is 35.0. The molecule has 0 aliphatic heterocycles. The number of carbonyl (C=O) groups is 4. The summed E-state index contributed by atoms with van der Waals surface area (Å²) in [5, 5.41) is 10.5. The molecule has 0 aromatic rings. The predicted molar refractivity (Wildman–Crippen MR) is 345 cm³/mol. The summed E-state index contributed by atoms with van der Waals surface area (Å²) in [6.07, 6.45) is 43.2. The SMILES string of the molecule is CCCCCCCCCCCCCCCC(=O)OC[C@H](COP(=O)(O)OC[C@@H](O)COP(=O)(O)OC[C@@H](COC(=O)CCCCCCCCC)OC(=O)CCCCCCCCCC(C)C)OC(=O)CCCCCCCCCCCCCCCC(C)C. The van der Waals surface area contributed by atoms with Crippen molar-refractivity contribution in [2.45, 2.75) is 355 Å². The minimum absolute atomic E-state index is 0.103. The fourth-order valence-corrected chi connectivity index (χ4v) is 11.6. The number of phosphoric ester groups is 2. The van der Waals surface area contributed by atoms with Crippen molar-refractivity contribution in [3.05, 3.63) is 0 Å². The highest BCUT2D eigenvalue weighted by Gasteiger charge is 2.30. The Hall–Kier alpha value is -1.94. The van der Waals surface area contributed by atoms with E-state index in [1.807, 2.05) is 0 Å². The van der Waals surface area contributed by atoms with E-state index >= 15 is 0 Å². The average molecular weight is 1270 g/mol. The van der Waals surface area contributed by atoms with Gasteiger partial charge in [-0.15, -0.1) is 0 Å². The molecule has 3 N–H and O–H groups in total. The van der Waals surface area contributed by atoms with Crippen molar-refractivity contribution in [2.75, 3.05) is 39.6 Å². The van der Waals surface area contributed by atoms with Crippen LogP contribution in [0.4, 0.5) is 0 Å². The van der Waals surface area contributed by atoms with E-state index in [1.54, 1.807) is 0 Å². The number of ether oxygens (including phenoxy) is 4. The van der Waals surface area contributed by atoms with E-state index in [0.29, 0.717) is 31.6 Å². The Morgan fingerprint density at radius 1 is 0.314 bits per heavy atom. The number of esters is 4. The van der Waals surface area contributed by atoms with Crippen LogP contribution in [0.1, 0.15) is 337 Å². The molecule has 0 rings (SSSR count). The summed E-state index contributed by atoms with van der Waals surface area (Å²) in [5.74, 6) is -0.651. The molecule has 0 aromatic carbocycles. The van der Waals surface area contributed by atoms with Gasteiger partial charge in [0.1, 0.15) is 19.3 Å². The lowest BCUT2D eigenvalue weighted by Crippen LogP contribution is -2.30. The molecule has 0 saturated heterocycles. The van der Waals surface area contributed by atoms with Crippen LogP contribution in [-0.4, -0.2) is 96.7 Å². The summed E-state index contributed by atoms with van der Waals surface area (Å²) in [6, 6.07) is 0. The van der Waals surface area contributed by atoms with E-state index in [2.05, 4.69) is 41.5 Å². The van der Waals surface area contributed by atoms with Crippen molar-refractivity contribution in [1.82, 2.24) is 0 Å². The van der Waals surface area contributed by atoms with Crippen molar-refractivity contribution >= 4 is 39.5 Å². The number of hydrogen-bond donors (Lipinski definition) is 3. The maximum Gasteiger partial charge on any atom is 0.472 e. The Bertz CT molecular complexity index is 1680. The molecule has 17 nitrogen and oxygen atoms in total. The minimum atomic E-state index is -4.95. The third-order valence-electron chi connectivity index (χ3n) is 15.5. The molecule has 0 heterocycles. The third kappa shape index (κ3) is 60.9. The Kier molecular flexibility index (Phi) is 58.0. The van der Waals surface area contributed by atoms with E-state index in [-0.39, 0.29) is 25.7 Å². The largest absolute Gasteiger partial charge is 0.472 e. The zero-order chi connectivity index (χ0) is 63.6. The van der Waals surface area contributed by atoms with Gasteiger partial charge in [-0.2, -0.15) is 0 Å². The second-order valence-corrected chi connectivity index (χ2v) is 28.1.